The Balaban J connectivity index is 1.42. The number of carbonyl (C=O) groups is 2. The minimum Gasteiger partial charge on any atom is -0.493 e. The minimum atomic E-state index is -0.738. The van der Waals surface area contributed by atoms with Gasteiger partial charge < -0.3 is 14.7 Å². The summed E-state index contributed by atoms with van der Waals surface area (Å²) in [7, 11) is 1.89. The van der Waals surface area contributed by atoms with Gasteiger partial charge in [0.2, 0.25) is 0 Å². The van der Waals surface area contributed by atoms with Gasteiger partial charge in [-0.3, -0.25) is 14.5 Å². The average molecular weight is 344 g/mol. The molecule has 3 aliphatic heterocycles. The van der Waals surface area contributed by atoms with E-state index in [9.17, 15) is 14.7 Å². The lowest BCUT2D eigenvalue weighted by atomic mass is 9.76. The summed E-state index contributed by atoms with van der Waals surface area (Å²) in [5, 5.41) is 9.35. The lowest BCUT2D eigenvalue weighted by Gasteiger charge is -2.39. The predicted molar refractivity (Wildman–Crippen MR) is 91.9 cm³/mol. The summed E-state index contributed by atoms with van der Waals surface area (Å²) in [5.74, 6) is 0.228. The molecule has 3 aliphatic rings. The van der Waals surface area contributed by atoms with Crippen LogP contribution in [0.2, 0.25) is 0 Å². The zero-order chi connectivity index (χ0) is 17.6. The van der Waals surface area contributed by atoms with Crippen molar-refractivity contribution >= 4 is 11.9 Å². The summed E-state index contributed by atoms with van der Waals surface area (Å²) in [6.07, 6.45) is 3.31. The first kappa shape index (κ1) is 16.4. The van der Waals surface area contributed by atoms with E-state index < -0.39 is 5.97 Å². The largest absolute Gasteiger partial charge is 0.493 e. The highest BCUT2D eigenvalue weighted by Crippen LogP contribution is 2.43. The minimum absolute atomic E-state index is 0.0420. The van der Waals surface area contributed by atoms with Crippen molar-refractivity contribution in [2.45, 2.75) is 31.7 Å². The highest BCUT2D eigenvalue weighted by molar-refractivity contribution is 5.94. The van der Waals surface area contributed by atoms with Gasteiger partial charge in [0, 0.05) is 31.6 Å². The third kappa shape index (κ3) is 2.88. The number of carbonyl (C=O) groups excluding carboxylic acids is 1. The Morgan fingerprint density at radius 3 is 2.72 bits per heavy atom. The Hall–Kier alpha value is -2.08. The summed E-state index contributed by atoms with van der Waals surface area (Å²) >= 11 is 0. The fraction of sp³-hybridized carbons (Fsp3) is 0.579. The first-order valence-electron chi connectivity index (χ1n) is 8.96. The Morgan fingerprint density at radius 2 is 2.04 bits per heavy atom. The Morgan fingerprint density at radius 1 is 1.28 bits per heavy atom. The van der Waals surface area contributed by atoms with Gasteiger partial charge in [-0.2, -0.15) is 0 Å². The van der Waals surface area contributed by atoms with E-state index in [4.69, 9.17) is 4.74 Å². The maximum Gasteiger partial charge on any atom is 0.320 e. The zero-order valence-corrected chi connectivity index (χ0v) is 14.5. The van der Waals surface area contributed by atoms with Gasteiger partial charge in [0.05, 0.1) is 6.61 Å². The molecule has 6 nitrogen and oxygen atoms in total. The SMILES string of the molecule is CN1CC2(CCN(C(=O)c3ccc4c(c3)CCO4)CC2)CC1C(=O)O. The van der Waals surface area contributed by atoms with Crippen molar-refractivity contribution in [1.29, 1.82) is 0 Å². The molecule has 6 heteroatoms. The van der Waals surface area contributed by atoms with Gasteiger partial charge in [-0.25, -0.2) is 0 Å². The molecule has 1 aromatic carbocycles. The Labute approximate surface area is 147 Å². The van der Waals surface area contributed by atoms with Crippen molar-refractivity contribution in [3.05, 3.63) is 29.3 Å². The van der Waals surface area contributed by atoms with Gasteiger partial charge in [0.25, 0.3) is 5.91 Å². The molecule has 4 rings (SSSR count). The van der Waals surface area contributed by atoms with Crippen LogP contribution in [0.5, 0.6) is 5.75 Å². The number of fused-ring (bicyclic) bond motifs is 1. The van der Waals surface area contributed by atoms with Gasteiger partial charge in [-0.15, -0.1) is 0 Å². The van der Waals surface area contributed by atoms with E-state index in [1.807, 2.05) is 35.0 Å². The van der Waals surface area contributed by atoms with Crippen molar-refractivity contribution in [2.75, 3.05) is 33.3 Å². The standard InChI is InChI=1S/C19H24N2O4/c1-20-12-19(11-15(20)18(23)24)5-7-21(8-6-19)17(22)14-2-3-16-13(10-14)4-9-25-16/h2-3,10,15H,4-9,11-12H2,1H3,(H,23,24). The second kappa shape index (κ2) is 6.02. The number of likely N-dealkylation sites (N-methyl/N-ethyl adjacent to an activating group) is 1. The zero-order valence-electron chi connectivity index (χ0n) is 14.5. The van der Waals surface area contributed by atoms with Crippen LogP contribution in [-0.2, 0) is 11.2 Å². The maximum atomic E-state index is 12.8. The first-order chi connectivity index (χ1) is 12.0. The van der Waals surface area contributed by atoms with E-state index in [2.05, 4.69) is 0 Å². The molecule has 25 heavy (non-hydrogen) atoms. The summed E-state index contributed by atoms with van der Waals surface area (Å²) < 4.78 is 5.50. The molecule has 0 radical (unpaired) electrons. The topological polar surface area (TPSA) is 70.1 Å². The third-order valence-electron chi connectivity index (χ3n) is 6.08. The van der Waals surface area contributed by atoms with Crippen molar-refractivity contribution in [2.24, 2.45) is 5.41 Å². The van der Waals surface area contributed by atoms with Gasteiger partial charge >= 0.3 is 5.97 Å². The molecule has 2 saturated heterocycles. The fourth-order valence-corrected chi connectivity index (χ4v) is 4.59. The van der Waals surface area contributed by atoms with E-state index in [0.29, 0.717) is 26.1 Å². The second-order valence-electron chi connectivity index (χ2n) is 7.69. The number of nitrogens with zero attached hydrogens (tertiary/aromatic N) is 2. The molecule has 1 N–H and O–H groups in total. The number of aliphatic carboxylic acids is 1. The van der Waals surface area contributed by atoms with Gasteiger partial charge in [0.1, 0.15) is 11.8 Å². The monoisotopic (exact) mass is 344 g/mol. The highest BCUT2D eigenvalue weighted by atomic mass is 16.5. The van der Waals surface area contributed by atoms with Crippen LogP contribution in [0, 0.1) is 5.41 Å². The molecular formula is C19H24N2O4. The average Bonchev–Trinajstić information content (AvgIpc) is 3.19. The normalized spacial score (nSPS) is 25.0. The van der Waals surface area contributed by atoms with Crippen LogP contribution in [0.3, 0.4) is 0 Å². The number of carboxylic acid groups (broad SMARTS) is 1. The molecule has 0 bridgehead atoms. The first-order valence-corrected chi connectivity index (χ1v) is 8.96. The molecule has 3 heterocycles. The number of ether oxygens (including phenoxy) is 1. The quantitative estimate of drug-likeness (QED) is 0.883. The summed E-state index contributed by atoms with van der Waals surface area (Å²) in [4.78, 5) is 28.1. The van der Waals surface area contributed by atoms with Crippen LogP contribution in [-0.4, -0.2) is 66.1 Å². The molecule has 1 aromatic rings. The van der Waals surface area contributed by atoms with E-state index in [1.54, 1.807) is 0 Å². The Bertz CT molecular complexity index is 709. The molecule has 1 atom stereocenters. The van der Waals surface area contributed by atoms with Crippen molar-refractivity contribution in [3.63, 3.8) is 0 Å². The maximum absolute atomic E-state index is 12.8. The van der Waals surface area contributed by atoms with Crippen LogP contribution >= 0.6 is 0 Å². The van der Waals surface area contributed by atoms with Crippen LogP contribution in [0.25, 0.3) is 0 Å². The second-order valence-corrected chi connectivity index (χ2v) is 7.69. The summed E-state index contributed by atoms with van der Waals surface area (Å²) in [6, 6.07) is 5.31. The number of hydrogen-bond donors (Lipinski definition) is 1. The Kier molecular flexibility index (Phi) is 3.95. The molecule has 1 amide bonds. The van der Waals surface area contributed by atoms with Crippen molar-refractivity contribution in [3.8, 4) is 5.75 Å². The lowest BCUT2D eigenvalue weighted by Crippen LogP contribution is -2.44. The molecular weight excluding hydrogens is 320 g/mol. The summed E-state index contributed by atoms with van der Waals surface area (Å²) in [6.45, 7) is 2.90. The number of carboxylic acids is 1. The molecule has 0 saturated carbocycles. The molecule has 0 aromatic heterocycles. The van der Waals surface area contributed by atoms with Crippen LogP contribution in [0.15, 0.2) is 18.2 Å². The smallest absolute Gasteiger partial charge is 0.320 e. The van der Waals surface area contributed by atoms with E-state index >= 15 is 0 Å². The van der Waals surface area contributed by atoms with Crippen molar-refractivity contribution in [1.82, 2.24) is 9.80 Å². The van der Waals surface area contributed by atoms with Crippen LogP contribution < -0.4 is 4.74 Å². The molecule has 1 unspecified atom stereocenters. The van der Waals surface area contributed by atoms with Crippen LogP contribution in [0.1, 0.15) is 35.2 Å². The number of rotatable bonds is 2. The predicted octanol–water partition coefficient (Wildman–Crippen LogP) is 1.63. The number of hydrogen-bond acceptors (Lipinski definition) is 4. The van der Waals surface area contributed by atoms with E-state index in [-0.39, 0.29) is 17.4 Å². The third-order valence-corrected chi connectivity index (χ3v) is 6.08. The molecule has 0 aliphatic carbocycles. The van der Waals surface area contributed by atoms with Crippen molar-refractivity contribution < 1.29 is 19.4 Å². The van der Waals surface area contributed by atoms with Gasteiger partial charge in [0.15, 0.2) is 0 Å². The summed E-state index contributed by atoms with van der Waals surface area (Å²) in [5.41, 5.74) is 1.88. The van der Waals surface area contributed by atoms with Crippen LogP contribution in [0.4, 0.5) is 0 Å². The van der Waals surface area contributed by atoms with Gasteiger partial charge in [-0.05, 0) is 55.5 Å². The molecule has 134 valence electrons. The van der Waals surface area contributed by atoms with E-state index in [0.717, 1.165) is 42.7 Å². The molecule has 1 spiro atoms. The number of piperidine rings is 1. The van der Waals surface area contributed by atoms with Gasteiger partial charge in [-0.1, -0.05) is 0 Å². The molecule has 2 fully saturated rings. The van der Waals surface area contributed by atoms with E-state index in [1.165, 1.54) is 0 Å². The fourth-order valence-electron chi connectivity index (χ4n) is 4.59. The highest BCUT2D eigenvalue weighted by Gasteiger charge is 2.47. The number of amides is 1. The number of benzene rings is 1. The number of likely N-dealkylation sites (tertiary alicyclic amines) is 2. The lowest BCUT2D eigenvalue weighted by molar-refractivity contribution is -0.141.